The predicted molar refractivity (Wildman–Crippen MR) is 96.2 cm³/mol. The molecule has 3 fully saturated rings. The Hall–Kier alpha value is 0. The lowest BCUT2D eigenvalue weighted by atomic mass is 9.39. The number of hydrogen-bond donors (Lipinski definition) is 0. The summed E-state index contributed by atoms with van der Waals surface area (Å²) in [7, 11) is 0. The van der Waals surface area contributed by atoms with E-state index in [0.717, 1.165) is 29.1 Å². The molecule has 0 spiro atoms. The van der Waals surface area contributed by atoms with Crippen LogP contribution in [0.5, 0.6) is 0 Å². The van der Waals surface area contributed by atoms with Crippen molar-refractivity contribution in [3.05, 3.63) is 0 Å². The molecule has 4 unspecified atom stereocenters. The quantitative estimate of drug-likeness (QED) is 0.490. The summed E-state index contributed by atoms with van der Waals surface area (Å²) in [4.78, 5) is 0. The second-order valence-electron chi connectivity index (χ2n) is 6.55. The highest BCUT2D eigenvalue weighted by molar-refractivity contribution is 5.08. The summed E-state index contributed by atoms with van der Waals surface area (Å²) >= 11 is 0. The van der Waals surface area contributed by atoms with Crippen LogP contribution < -0.4 is 0 Å². The van der Waals surface area contributed by atoms with Crippen molar-refractivity contribution in [1.82, 2.24) is 0 Å². The summed E-state index contributed by atoms with van der Waals surface area (Å²) in [5.41, 5.74) is 0.841. The van der Waals surface area contributed by atoms with Gasteiger partial charge in [-0.15, -0.1) is 0 Å². The molecule has 3 saturated carbocycles. The van der Waals surface area contributed by atoms with Crippen molar-refractivity contribution < 1.29 is 0 Å². The third kappa shape index (κ3) is 5.08. The molecule has 20 heavy (non-hydrogen) atoms. The molecule has 4 atom stereocenters. The van der Waals surface area contributed by atoms with Gasteiger partial charge in [-0.1, -0.05) is 82.1 Å². The van der Waals surface area contributed by atoms with E-state index >= 15 is 0 Å². The maximum absolute atomic E-state index is 2.46. The van der Waals surface area contributed by atoms with E-state index < -0.39 is 0 Å². The van der Waals surface area contributed by atoms with E-state index in [4.69, 9.17) is 0 Å². The fourth-order valence-corrected chi connectivity index (χ4v) is 3.75. The minimum atomic E-state index is 0. The van der Waals surface area contributed by atoms with Gasteiger partial charge in [0.1, 0.15) is 0 Å². The van der Waals surface area contributed by atoms with Gasteiger partial charge >= 0.3 is 0 Å². The molecule has 124 valence electrons. The highest BCUT2D eigenvalue weighted by Gasteiger charge is 2.59. The molecule has 0 radical (unpaired) electrons. The lowest BCUT2D eigenvalue weighted by Gasteiger charge is -2.66. The first-order chi connectivity index (χ1) is 9.10. The van der Waals surface area contributed by atoms with Gasteiger partial charge in [-0.3, -0.25) is 0 Å². The van der Waals surface area contributed by atoms with E-state index in [9.17, 15) is 0 Å². The Morgan fingerprint density at radius 3 is 1.60 bits per heavy atom. The highest BCUT2D eigenvalue weighted by Crippen LogP contribution is 2.68. The van der Waals surface area contributed by atoms with Crippen LogP contribution in [0.4, 0.5) is 0 Å². The van der Waals surface area contributed by atoms with Crippen LogP contribution in [0, 0.1) is 29.1 Å². The van der Waals surface area contributed by atoms with Crippen LogP contribution in [0.1, 0.15) is 101 Å². The van der Waals surface area contributed by atoms with Crippen molar-refractivity contribution >= 4 is 0 Å². The van der Waals surface area contributed by atoms with Gasteiger partial charge in [0.15, 0.2) is 0 Å². The normalized spacial score (nSPS) is 33.6. The SMILES string of the molecule is C.CC.CC.CC1CC1.CCC(C)C12CCC1C(C)C2. The van der Waals surface area contributed by atoms with Crippen molar-refractivity contribution in [3.63, 3.8) is 0 Å². The molecule has 0 saturated heterocycles. The average Bonchev–Trinajstić information content (AvgIpc) is 3.22. The minimum absolute atomic E-state index is 0. The largest absolute Gasteiger partial charge is 0.0776 e. The summed E-state index contributed by atoms with van der Waals surface area (Å²) in [6.45, 7) is 17.5. The Balaban J connectivity index is 0. The van der Waals surface area contributed by atoms with Gasteiger partial charge in [0, 0.05) is 0 Å². The molecule has 3 aliphatic rings. The zero-order chi connectivity index (χ0) is 15.1. The van der Waals surface area contributed by atoms with E-state index in [1.807, 2.05) is 27.7 Å². The van der Waals surface area contributed by atoms with E-state index in [0.29, 0.717) is 0 Å². The highest BCUT2D eigenvalue weighted by atomic mass is 14.6. The van der Waals surface area contributed by atoms with Crippen molar-refractivity contribution in [1.29, 1.82) is 0 Å². The summed E-state index contributed by atoms with van der Waals surface area (Å²) in [6, 6.07) is 0. The maximum atomic E-state index is 2.46. The second-order valence-corrected chi connectivity index (χ2v) is 6.55. The monoisotopic (exact) mass is 284 g/mol. The molecule has 3 rings (SSSR count). The van der Waals surface area contributed by atoms with E-state index in [2.05, 4.69) is 27.7 Å². The summed E-state index contributed by atoms with van der Waals surface area (Å²) in [5, 5.41) is 0. The van der Waals surface area contributed by atoms with Gasteiger partial charge in [-0.2, -0.15) is 0 Å². The molecule has 0 aromatic rings. The van der Waals surface area contributed by atoms with E-state index in [1.165, 1.54) is 38.5 Å². The fourth-order valence-electron chi connectivity index (χ4n) is 3.75. The summed E-state index contributed by atoms with van der Waals surface area (Å²) in [5.74, 6) is 4.26. The Morgan fingerprint density at radius 2 is 1.45 bits per heavy atom. The van der Waals surface area contributed by atoms with Crippen LogP contribution in [0.3, 0.4) is 0 Å². The molecule has 0 aromatic carbocycles. The van der Waals surface area contributed by atoms with Gasteiger partial charge in [0.25, 0.3) is 0 Å². The molecule has 0 nitrogen and oxygen atoms in total. The van der Waals surface area contributed by atoms with Crippen molar-refractivity contribution in [3.8, 4) is 0 Å². The Kier molecular flexibility index (Phi) is 11.9. The standard InChI is InChI=1S/C11H20.C4H8.2C2H6.CH4/c1-4-9(3)11-6-5-10(11)8(2)7-11;1-4-2-3-4;2*1-2;/h8-10H,4-7H2,1-3H3;4H,2-3H2,1H3;2*1-2H3;1H4. The second kappa shape index (κ2) is 10.7. The average molecular weight is 285 g/mol. The Bertz CT molecular complexity index is 210. The summed E-state index contributed by atoms with van der Waals surface area (Å²) in [6.07, 6.45) is 8.97. The first-order valence-corrected chi connectivity index (χ1v) is 9.10. The molecule has 0 aliphatic heterocycles. The molecule has 0 aromatic heterocycles. The van der Waals surface area contributed by atoms with Crippen molar-refractivity contribution in [2.45, 2.75) is 101 Å². The molecule has 3 aliphatic carbocycles. The van der Waals surface area contributed by atoms with Gasteiger partial charge in [-0.05, 0) is 48.3 Å². The zero-order valence-electron chi connectivity index (χ0n) is 15.1. The summed E-state index contributed by atoms with van der Waals surface area (Å²) < 4.78 is 0. The van der Waals surface area contributed by atoms with Crippen LogP contribution >= 0.6 is 0 Å². The van der Waals surface area contributed by atoms with Crippen LogP contribution in [-0.4, -0.2) is 0 Å². The van der Waals surface area contributed by atoms with Crippen molar-refractivity contribution in [2.75, 3.05) is 0 Å². The molecule has 0 heterocycles. The van der Waals surface area contributed by atoms with Crippen LogP contribution in [0.25, 0.3) is 0 Å². The molecule has 0 amide bonds. The minimum Gasteiger partial charge on any atom is -0.0776 e. The van der Waals surface area contributed by atoms with Gasteiger partial charge in [0.2, 0.25) is 0 Å². The molecule has 0 heteroatoms. The van der Waals surface area contributed by atoms with Crippen molar-refractivity contribution in [2.24, 2.45) is 29.1 Å². The predicted octanol–water partition coefficient (Wildman–Crippen LogP) is 7.57. The number of rotatable bonds is 2. The van der Waals surface area contributed by atoms with Gasteiger partial charge in [-0.25, -0.2) is 0 Å². The smallest absolute Gasteiger partial charge is 0.0238 e. The topological polar surface area (TPSA) is 0 Å². The zero-order valence-corrected chi connectivity index (χ0v) is 15.1. The Morgan fingerprint density at radius 1 is 1.00 bits per heavy atom. The Labute approximate surface area is 131 Å². The van der Waals surface area contributed by atoms with Crippen LogP contribution in [-0.2, 0) is 0 Å². The van der Waals surface area contributed by atoms with Gasteiger partial charge in [0.05, 0.1) is 0 Å². The van der Waals surface area contributed by atoms with E-state index in [-0.39, 0.29) is 7.43 Å². The molecule has 0 N–H and O–H groups in total. The lowest BCUT2D eigenvalue weighted by Crippen LogP contribution is -2.57. The third-order valence-corrected chi connectivity index (χ3v) is 5.51. The lowest BCUT2D eigenvalue weighted by molar-refractivity contribution is -0.163. The van der Waals surface area contributed by atoms with Crippen LogP contribution in [0.2, 0.25) is 0 Å². The van der Waals surface area contributed by atoms with Crippen LogP contribution in [0.15, 0.2) is 0 Å². The maximum Gasteiger partial charge on any atom is -0.0238 e. The fraction of sp³-hybridized carbons (Fsp3) is 1.00. The third-order valence-electron chi connectivity index (χ3n) is 5.51. The van der Waals surface area contributed by atoms with E-state index in [1.54, 1.807) is 0 Å². The first kappa shape index (κ1) is 22.3. The first-order valence-electron chi connectivity index (χ1n) is 9.10. The molecular formula is C20H44. The number of fused-ring (bicyclic) bond motifs is 1. The number of hydrogen-bond acceptors (Lipinski definition) is 0. The molecule has 0 bridgehead atoms. The molecular weight excluding hydrogens is 240 g/mol. The van der Waals surface area contributed by atoms with Gasteiger partial charge < -0.3 is 0 Å².